The van der Waals surface area contributed by atoms with Crippen LogP contribution in [0.1, 0.15) is 10.4 Å². The van der Waals surface area contributed by atoms with Gasteiger partial charge in [-0.25, -0.2) is 4.98 Å². The molecule has 5 heteroatoms. The molecule has 0 aliphatic heterocycles. The van der Waals surface area contributed by atoms with Crippen LogP contribution in [0.15, 0.2) is 24.5 Å². The maximum Gasteiger partial charge on any atom is 0.252 e. The molecule has 2 heterocycles. The zero-order valence-electron chi connectivity index (χ0n) is 7.69. The number of carbonyl (C=O) groups excluding carboxylic acids is 1. The van der Waals surface area contributed by atoms with Crippen LogP contribution in [0.25, 0.3) is 5.65 Å². The number of anilines is 1. The van der Waals surface area contributed by atoms with Gasteiger partial charge >= 0.3 is 0 Å². The maximum atomic E-state index is 11.3. The van der Waals surface area contributed by atoms with Gasteiger partial charge in [-0.2, -0.15) is 0 Å². The molecule has 0 spiro atoms. The summed E-state index contributed by atoms with van der Waals surface area (Å²) >= 11 is 0. The summed E-state index contributed by atoms with van der Waals surface area (Å²) in [6, 6.07) is 3.46. The van der Waals surface area contributed by atoms with Crippen molar-refractivity contribution >= 4 is 17.4 Å². The number of hydrogen-bond donors (Lipinski definition) is 2. The molecule has 0 unspecified atom stereocenters. The molecule has 5 nitrogen and oxygen atoms in total. The second-order valence-corrected chi connectivity index (χ2v) is 2.93. The molecule has 14 heavy (non-hydrogen) atoms. The molecule has 72 valence electrons. The smallest absolute Gasteiger partial charge is 0.252 e. The van der Waals surface area contributed by atoms with Crippen molar-refractivity contribution in [2.45, 2.75) is 0 Å². The van der Waals surface area contributed by atoms with Gasteiger partial charge in [-0.3, -0.25) is 4.79 Å². The van der Waals surface area contributed by atoms with Crippen LogP contribution in [0.2, 0.25) is 0 Å². The number of nitrogens with zero attached hydrogens (tertiary/aromatic N) is 2. The fraction of sp³-hybridized carbons (Fsp3) is 0.111. The van der Waals surface area contributed by atoms with Crippen LogP contribution in [0, 0.1) is 0 Å². The Labute approximate surface area is 80.6 Å². The normalized spacial score (nSPS) is 10.4. The molecular formula is C9H10N4O. The highest BCUT2D eigenvalue weighted by Crippen LogP contribution is 2.08. The first-order valence-electron chi connectivity index (χ1n) is 4.17. The number of fused-ring (bicyclic) bond motifs is 1. The van der Waals surface area contributed by atoms with Gasteiger partial charge in [0.15, 0.2) is 0 Å². The summed E-state index contributed by atoms with van der Waals surface area (Å²) in [4.78, 5) is 15.3. The molecular weight excluding hydrogens is 180 g/mol. The van der Waals surface area contributed by atoms with Gasteiger partial charge in [0, 0.05) is 13.2 Å². The first-order chi connectivity index (χ1) is 6.70. The van der Waals surface area contributed by atoms with Crippen molar-refractivity contribution in [1.82, 2.24) is 14.7 Å². The Morgan fingerprint density at radius 3 is 3.00 bits per heavy atom. The van der Waals surface area contributed by atoms with Gasteiger partial charge < -0.3 is 15.5 Å². The minimum Gasteiger partial charge on any atom is -0.382 e. The average molecular weight is 190 g/mol. The number of imidazole rings is 1. The second-order valence-electron chi connectivity index (χ2n) is 2.93. The van der Waals surface area contributed by atoms with Gasteiger partial charge in [-0.05, 0) is 12.1 Å². The van der Waals surface area contributed by atoms with E-state index in [2.05, 4.69) is 10.3 Å². The molecule has 0 bridgehead atoms. The SMILES string of the molecule is CNC(=O)c1ccc2nc(N)cn2c1. The summed E-state index contributed by atoms with van der Waals surface area (Å²) in [6.07, 6.45) is 3.36. The van der Waals surface area contributed by atoms with Crippen LogP contribution in [0.3, 0.4) is 0 Å². The summed E-state index contributed by atoms with van der Waals surface area (Å²) in [6.45, 7) is 0. The van der Waals surface area contributed by atoms with E-state index in [1.807, 2.05) is 0 Å². The maximum absolute atomic E-state index is 11.3. The molecule has 3 N–H and O–H groups in total. The molecule has 1 amide bonds. The molecule has 0 fully saturated rings. The summed E-state index contributed by atoms with van der Waals surface area (Å²) in [5.74, 6) is 0.318. The van der Waals surface area contributed by atoms with Crippen LogP contribution < -0.4 is 11.1 Å². The highest BCUT2D eigenvalue weighted by Gasteiger charge is 2.04. The molecule has 2 aromatic rings. The van der Waals surface area contributed by atoms with Crippen molar-refractivity contribution in [3.05, 3.63) is 30.1 Å². The third-order valence-electron chi connectivity index (χ3n) is 1.96. The average Bonchev–Trinajstić information content (AvgIpc) is 2.55. The largest absolute Gasteiger partial charge is 0.382 e. The number of nitrogens with two attached hydrogens (primary N) is 1. The zero-order valence-corrected chi connectivity index (χ0v) is 7.69. The molecule has 0 radical (unpaired) electrons. The highest BCUT2D eigenvalue weighted by atomic mass is 16.1. The molecule has 0 aromatic carbocycles. The fourth-order valence-corrected chi connectivity index (χ4v) is 1.29. The van der Waals surface area contributed by atoms with Gasteiger partial charge in [0.05, 0.1) is 11.8 Å². The van der Waals surface area contributed by atoms with Gasteiger partial charge in [-0.15, -0.1) is 0 Å². The van der Waals surface area contributed by atoms with E-state index in [4.69, 9.17) is 5.73 Å². The first-order valence-corrected chi connectivity index (χ1v) is 4.17. The van der Waals surface area contributed by atoms with Gasteiger partial charge in [-0.1, -0.05) is 0 Å². The number of nitrogens with one attached hydrogen (secondary N) is 1. The van der Waals surface area contributed by atoms with E-state index in [1.54, 1.807) is 36.0 Å². The Hall–Kier alpha value is -2.04. The summed E-state index contributed by atoms with van der Waals surface area (Å²) in [5.41, 5.74) is 6.83. The van der Waals surface area contributed by atoms with Gasteiger partial charge in [0.25, 0.3) is 5.91 Å². The minimum absolute atomic E-state index is 0.126. The number of pyridine rings is 1. The molecule has 0 aliphatic rings. The lowest BCUT2D eigenvalue weighted by atomic mass is 10.2. The van der Waals surface area contributed by atoms with Crippen LogP contribution in [-0.4, -0.2) is 22.3 Å². The molecule has 0 saturated heterocycles. The van der Waals surface area contributed by atoms with Crippen LogP contribution in [-0.2, 0) is 0 Å². The topological polar surface area (TPSA) is 72.4 Å². The number of rotatable bonds is 1. The van der Waals surface area contributed by atoms with Gasteiger partial charge in [0.1, 0.15) is 11.5 Å². The molecule has 0 aliphatic carbocycles. The number of carbonyl (C=O) groups is 1. The number of nitrogen functional groups attached to an aromatic ring is 1. The highest BCUT2D eigenvalue weighted by molar-refractivity contribution is 5.93. The Morgan fingerprint density at radius 1 is 1.50 bits per heavy atom. The predicted molar refractivity (Wildman–Crippen MR) is 53.0 cm³/mol. The number of aromatic nitrogens is 2. The number of hydrogen-bond acceptors (Lipinski definition) is 3. The van der Waals surface area contributed by atoms with Crippen LogP contribution in [0.5, 0.6) is 0 Å². The lowest BCUT2D eigenvalue weighted by molar-refractivity contribution is 0.0962. The standard InChI is InChI=1S/C9H10N4O/c1-11-9(14)6-2-3-8-12-7(10)5-13(8)4-6/h2-5H,10H2,1H3,(H,11,14). The second kappa shape index (κ2) is 3.02. The Kier molecular flexibility index (Phi) is 1.85. The van der Waals surface area contributed by atoms with Gasteiger partial charge in [0.2, 0.25) is 0 Å². The first kappa shape index (κ1) is 8.55. The third kappa shape index (κ3) is 1.28. The van der Waals surface area contributed by atoms with Crippen molar-refractivity contribution in [3.63, 3.8) is 0 Å². The van der Waals surface area contributed by atoms with E-state index in [1.165, 1.54) is 0 Å². The molecule has 2 aromatic heterocycles. The Bertz CT molecular complexity index is 489. The van der Waals surface area contributed by atoms with Crippen molar-refractivity contribution in [3.8, 4) is 0 Å². The van der Waals surface area contributed by atoms with E-state index >= 15 is 0 Å². The fourth-order valence-electron chi connectivity index (χ4n) is 1.29. The number of amides is 1. The Balaban J connectivity index is 2.55. The van der Waals surface area contributed by atoms with Crippen LogP contribution in [0.4, 0.5) is 5.82 Å². The van der Waals surface area contributed by atoms with E-state index in [0.29, 0.717) is 11.4 Å². The van der Waals surface area contributed by atoms with Crippen molar-refractivity contribution < 1.29 is 4.79 Å². The van der Waals surface area contributed by atoms with Crippen LogP contribution >= 0.6 is 0 Å². The monoisotopic (exact) mass is 190 g/mol. The third-order valence-corrected chi connectivity index (χ3v) is 1.96. The summed E-state index contributed by atoms with van der Waals surface area (Å²) in [7, 11) is 1.59. The molecule has 0 saturated carbocycles. The minimum atomic E-state index is -0.126. The van der Waals surface area contributed by atoms with Crippen molar-refractivity contribution in [2.75, 3.05) is 12.8 Å². The summed E-state index contributed by atoms with van der Waals surface area (Å²) < 4.78 is 1.72. The van der Waals surface area contributed by atoms with E-state index in [0.717, 1.165) is 5.65 Å². The molecule has 2 rings (SSSR count). The van der Waals surface area contributed by atoms with E-state index < -0.39 is 0 Å². The van der Waals surface area contributed by atoms with E-state index in [-0.39, 0.29) is 5.91 Å². The molecule has 0 atom stereocenters. The van der Waals surface area contributed by atoms with Crippen molar-refractivity contribution in [2.24, 2.45) is 0 Å². The predicted octanol–water partition coefficient (Wildman–Crippen LogP) is 0.276. The lowest BCUT2D eigenvalue weighted by Gasteiger charge is -1.99. The van der Waals surface area contributed by atoms with Crippen molar-refractivity contribution in [1.29, 1.82) is 0 Å². The summed E-state index contributed by atoms with van der Waals surface area (Å²) in [5, 5.41) is 2.55. The lowest BCUT2D eigenvalue weighted by Crippen LogP contribution is -2.18. The Morgan fingerprint density at radius 2 is 2.29 bits per heavy atom. The zero-order chi connectivity index (χ0) is 10.1. The van der Waals surface area contributed by atoms with E-state index in [9.17, 15) is 4.79 Å². The quantitative estimate of drug-likeness (QED) is 0.678.